The van der Waals surface area contributed by atoms with Crippen molar-refractivity contribution in [1.29, 1.82) is 0 Å². The van der Waals surface area contributed by atoms with E-state index in [1.807, 2.05) is 0 Å². The van der Waals surface area contributed by atoms with E-state index in [-0.39, 0.29) is 11.6 Å². The number of hydrogen-bond donors (Lipinski definition) is 2. The number of H-pyrrole nitrogens is 1. The number of aromatic nitrogens is 1. The van der Waals surface area contributed by atoms with E-state index >= 15 is 0 Å². The number of aryl methyl sites for hydroxylation is 1. The topological polar surface area (TPSA) is 79.2 Å². The summed E-state index contributed by atoms with van der Waals surface area (Å²) in [4.78, 5) is 11.8. The summed E-state index contributed by atoms with van der Waals surface area (Å²) >= 11 is 0. The third kappa shape index (κ3) is 0.812. The summed E-state index contributed by atoms with van der Waals surface area (Å²) in [7, 11) is 0. The highest BCUT2D eigenvalue weighted by atomic mass is 16.6. The van der Waals surface area contributed by atoms with Gasteiger partial charge in [-0.05, 0) is 6.92 Å². The van der Waals surface area contributed by atoms with Crippen LogP contribution in [0.2, 0.25) is 0 Å². The van der Waals surface area contributed by atoms with Crippen molar-refractivity contribution in [3.8, 4) is 5.88 Å². The molecular formula is C5H6N2O3. The molecule has 0 aliphatic carbocycles. The Morgan fingerprint density at radius 2 is 2.40 bits per heavy atom. The highest BCUT2D eigenvalue weighted by Gasteiger charge is 2.17. The van der Waals surface area contributed by atoms with Crippen molar-refractivity contribution < 1.29 is 10.0 Å². The maximum Gasteiger partial charge on any atom is 0.332 e. The summed E-state index contributed by atoms with van der Waals surface area (Å²) in [5, 5.41) is 18.9. The minimum absolute atomic E-state index is 0.250. The fraction of sp³-hybridized carbons (Fsp3) is 0.200. The molecule has 0 fully saturated rings. The SMILES string of the molecule is Cc1c[nH]c(O)c1[N+](=O)[O-]. The quantitative estimate of drug-likeness (QED) is 0.452. The van der Waals surface area contributed by atoms with Crippen LogP contribution in [0.5, 0.6) is 5.88 Å². The highest BCUT2D eigenvalue weighted by molar-refractivity contribution is 5.47. The second-order valence-electron chi connectivity index (χ2n) is 1.93. The molecule has 0 radical (unpaired) electrons. The predicted octanol–water partition coefficient (Wildman–Crippen LogP) is 0.937. The Morgan fingerprint density at radius 1 is 1.80 bits per heavy atom. The van der Waals surface area contributed by atoms with Crippen molar-refractivity contribution in [2.24, 2.45) is 0 Å². The van der Waals surface area contributed by atoms with Gasteiger partial charge in [-0.2, -0.15) is 0 Å². The van der Waals surface area contributed by atoms with E-state index in [1.54, 1.807) is 6.92 Å². The minimum atomic E-state index is -0.624. The van der Waals surface area contributed by atoms with Gasteiger partial charge < -0.3 is 10.1 Å². The Hall–Kier alpha value is -1.52. The van der Waals surface area contributed by atoms with Gasteiger partial charge in [-0.25, -0.2) is 0 Å². The predicted molar refractivity (Wildman–Crippen MR) is 33.8 cm³/mol. The first-order valence-corrected chi connectivity index (χ1v) is 2.64. The van der Waals surface area contributed by atoms with Gasteiger partial charge in [0.2, 0.25) is 0 Å². The zero-order valence-electron chi connectivity index (χ0n) is 5.29. The number of nitrogens with zero attached hydrogens (tertiary/aromatic N) is 1. The average molecular weight is 142 g/mol. The molecule has 0 aliphatic rings. The Balaban J connectivity index is 3.23. The Kier molecular flexibility index (Phi) is 1.33. The average Bonchev–Trinajstić information content (AvgIpc) is 2.11. The lowest BCUT2D eigenvalue weighted by atomic mass is 10.3. The van der Waals surface area contributed by atoms with E-state index in [0.29, 0.717) is 5.56 Å². The molecule has 10 heavy (non-hydrogen) atoms. The first kappa shape index (κ1) is 6.60. The van der Waals surface area contributed by atoms with Gasteiger partial charge in [0.05, 0.1) is 4.92 Å². The van der Waals surface area contributed by atoms with Gasteiger partial charge in [0.1, 0.15) is 0 Å². The first-order chi connectivity index (χ1) is 4.63. The van der Waals surface area contributed by atoms with E-state index in [4.69, 9.17) is 5.11 Å². The molecule has 5 heteroatoms. The lowest BCUT2D eigenvalue weighted by Crippen LogP contribution is -1.87. The maximum absolute atomic E-state index is 10.1. The molecule has 1 aromatic heterocycles. The molecule has 0 unspecified atom stereocenters. The molecule has 0 atom stereocenters. The van der Waals surface area contributed by atoms with Crippen LogP contribution in [-0.2, 0) is 0 Å². The van der Waals surface area contributed by atoms with Crippen molar-refractivity contribution in [2.75, 3.05) is 0 Å². The molecule has 0 saturated carbocycles. The monoisotopic (exact) mass is 142 g/mol. The van der Waals surface area contributed by atoms with E-state index in [1.165, 1.54) is 6.20 Å². The van der Waals surface area contributed by atoms with Crippen LogP contribution in [0.1, 0.15) is 5.56 Å². The van der Waals surface area contributed by atoms with Crippen LogP contribution in [0.25, 0.3) is 0 Å². The fourth-order valence-electron chi connectivity index (χ4n) is 0.731. The first-order valence-electron chi connectivity index (χ1n) is 2.64. The number of aromatic hydroxyl groups is 1. The zero-order chi connectivity index (χ0) is 7.72. The molecule has 1 heterocycles. The Morgan fingerprint density at radius 3 is 2.60 bits per heavy atom. The van der Waals surface area contributed by atoms with E-state index in [2.05, 4.69) is 4.98 Å². The third-order valence-corrected chi connectivity index (χ3v) is 1.21. The smallest absolute Gasteiger partial charge is 0.332 e. The van der Waals surface area contributed by atoms with Gasteiger partial charge in [-0.3, -0.25) is 10.1 Å². The fourth-order valence-corrected chi connectivity index (χ4v) is 0.731. The molecule has 0 amide bonds. The second-order valence-corrected chi connectivity index (χ2v) is 1.93. The number of nitrogens with one attached hydrogen (secondary N) is 1. The number of aromatic amines is 1. The molecule has 0 bridgehead atoms. The molecular weight excluding hydrogens is 136 g/mol. The second kappa shape index (κ2) is 2.02. The summed E-state index contributed by atoms with van der Waals surface area (Å²) in [6.07, 6.45) is 1.38. The van der Waals surface area contributed by atoms with Gasteiger partial charge in [-0.1, -0.05) is 0 Å². The third-order valence-electron chi connectivity index (χ3n) is 1.21. The Labute approximate surface area is 56.5 Å². The molecule has 1 aromatic rings. The van der Waals surface area contributed by atoms with Crippen molar-refractivity contribution >= 4 is 5.69 Å². The number of nitro groups is 1. The van der Waals surface area contributed by atoms with Crippen molar-refractivity contribution in [3.63, 3.8) is 0 Å². The van der Waals surface area contributed by atoms with Crippen LogP contribution in [0, 0.1) is 17.0 Å². The lowest BCUT2D eigenvalue weighted by Gasteiger charge is -1.86. The summed E-state index contributed by atoms with van der Waals surface area (Å²) < 4.78 is 0. The van der Waals surface area contributed by atoms with Gasteiger partial charge in [0, 0.05) is 11.8 Å². The molecule has 0 aliphatic heterocycles. The highest BCUT2D eigenvalue weighted by Crippen LogP contribution is 2.27. The normalized spacial score (nSPS) is 9.70. The summed E-state index contributed by atoms with van der Waals surface area (Å²) in [6, 6.07) is 0. The molecule has 54 valence electrons. The summed E-state index contributed by atoms with van der Waals surface area (Å²) in [5.41, 5.74) is 0.183. The lowest BCUT2D eigenvalue weighted by molar-refractivity contribution is -0.386. The molecule has 0 spiro atoms. The maximum atomic E-state index is 10.1. The number of rotatable bonds is 1. The van der Waals surface area contributed by atoms with Crippen LogP contribution < -0.4 is 0 Å². The Bertz CT molecular complexity index is 246. The van der Waals surface area contributed by atoms with Gasteiger partial charge >= 0.3 is 5.69 Å². The molecule has 1 rings (SSSR count). The van der Waals surface area contributed by atoms with Gasteiger partial charge in [0.25, 0.3) is 5.88 Å². The molecule has 2 N–H and O–H groups in total. The van der Waals surface area contributed by atoms with Gasteiger partial charge in [0.15, 0.2) is 0 Å². The summed E-state index contributed by atoms with van der Waals surface area (Å²) in [5.74, 6) is -0.387. The zero-order valence-corrected chi connectivity index (χ0v) is 5.29. The van der Waals surface area contributed by atoms with E-state index in [0.717, 1.165) is 0 Å². The van der Waals surface area contributed by atoms with Crippen LogP contribution in [0.15, 0.2) is 6.20 Å². The molecule has 0 saturated heterocycles. The molecule has 5 nitrogen and oxygen atoms in total. The van der Waals surface area contributed by atoms with Crippen molar-refractivity contribution in [1.82, 2.24) is 4.98 Å². The number of hydrogen-bond acceptors (Lipinski definition) is 3. The largest absolute Gasteiger partial charge is 0.490 e. The van der Waals surface area contributed by atoms with E-state index < -0.39 is 4.92 Å². The van der Waals surface area contributed by atoms with Crippen molar-refractivity contribution in [2.45, 2.75) is 6.92 Å². The molecule has 0 aromatic carbocycles. The standard InChI is InChI=1S/C5H6N2O3/c1-3-2-6-5(8)4(3)7(9)10/h2,6,8H,1H3. The van der Waals surface area contributed by atoms with Crippen LogP contribution in [-0.4, -0.2) is 15.0 Å². The van der Waals surface area contributed by atoms with Gasteiger partial charge in [-0.15, -0.1) is 0 Å². The van der Waals surface area contributed by atoms with Crippen LogP contribution >= 0.6 is 0 Å². The van der Waals surface area contributed by atoms with Crippen LogP contribution in [0.3, 0.4) is 0 Å². The summed E-state index contributed by atoms with van der Waals surface area (Å²) in [6.45, 7) is 1.55. The minimum Gasteiger partial charge on any atom is -0.490 e. The van der Waals surface area contributed by atoms with Crippen molar-refractivity contribution in [3.05, 3.63) is 21.9 Å². The van der Waals surface area contributed by atoms with E-state index in [9.17, 15) is 10.1 Å². The van der Waals surface area contributed by atoms with Crippen LogP contribution in [0.4, 0.5) is 5.69 Å².